The SMILES string of the molecule is CCCC(C)N1CCC(N(Cc2ccccc2)C(=O)Nc2cc(Cl)c(Cl)cc2F)CC1.CCCCCN1CCC(N(Cc2ccccc2)C(=O)Nc2cccc(C(F)(F)F)c2)CC1.CCCN1CCC(N(Cc2ccco2)C(=O)Nc2cccc(C(F)(F)F)c2)CC1.CCCS(=O)(=O)N1CCC(N(Cc2ccccc2)C(=O)Nc2cccc(C(F)(F)F)c2)CC1. The number of carbonyl (C=O) groups excluding carboxylic acids is 4. The topological polar surface area (TPSA) is 190 Å². The third-order valence-corrected chi connectivity index (χ3v) is 25.5. The van der Waals surface area contributed by atoms with Crippen LogP contribution in [0.1, 0.15) is 170 Å². The van der Waals surface area contributed by atoms with Gasteiger partial charge in [-0.05, 0) is 193 Å². The van der Waals surface area contributed by atoms with E-state index in [-0.39, 0.29) is 87.9 Å². The summed E-state index contributed by atoms with van der Waals surface area (Å²) in [7, 11) is -3.32. The van der Waals surface area contributed by atoms with Crippen molar-refractivity contribution < 1.29 is 75.9 Å². The molecule has 1 unspecified atom stereocenters. The highest BCUT2D eigenvalue weighted by molar-refractivity contribution is 7.89. The van der Waals surface area contributed by atoms with E-state index in [9.17, 15) is 71.5 Å². The molecule has 680 valence electrons. The molecule has 1 atom stereocenters. The molecule has 19 nitrogen and oxygen atoms in total. The van der Waals surface area contributed by atoms with E-state index in [0.29, 0.717) is 57.2 Å². The molecule has 0 saturated carbocycles. The van der Waals surface area contributed by atoms with Crippen LogP contribution in [0.15, 0.2) is 199 Å². The van der Waals surface area contributed by atoms with E-state index >= 15 is 0 Å². The summed E-state index contributed by atoms with van der Waals surface area (Å²) in [6.45, 7) is 20.3. The van der Waals surface area contributed by atoms with E-state index in [0.717, 1.165) is 156 Å². The van der Waals surface area contributed by atoms with Crippen LogP contribution in [0.3, 0.4) is 0 Å². The highest BCUT2D eigenvalue weighted by Crippen LogP contribution is 2.36. The van der Waals surface area contributed by atoms with Crippen LogP contribution in [-0.2, 0) is 54.7 Å². The molecule has 12 rings (SSSR count). The largest absolute Gasteiger partial charge is 0.467 e. The summed E-state index contributed by atoms with van der Waals surface area (Å²) >= 11 is 11.9. The van der Waals surface area contributed by atoms with Gasteiger partial charge < -0.3 is 60.0 Å². The van der Waals surface area contributed by atoms with Gasteiger partial charge in [-0.15, -0.1) is 0 Å². The predicted octanol–water partition coefficient (Wildman–Crippen LogP) is 23.4. The zero-order valence-corrected chi connectivity index (χ0v) is 73.8. The van der Waals surface area contributed by atoms with Gasteiger partial charge in [0.25, 0.3) is 0 Å². The molecule has 0 aliphatic carbocycles. The summed E-state index contributed by atoms with van der Waals surface area (Å²) in [6.07, 6.45) is 1.69. The highest BCUT2D eigenvalue weighted by Gasteiger charge is 2.38. The number of nitrogens with one attached hydrogen (secondary N) is 4. The minimum atomic E-state index is -4.51. The number of anilines is 4. The van der Waals surface area contributed by atoms with Crippen molar-refractivity contribution in [1.82, 2.24) is 38.6 Å². The van der Waals surface area contributed by atoms with Gasteiger partial charge in [0.1, 0.15) is 11.6 Å². The van der Waals surface area contributed by atoms with Crippen molar-refractivity contribution in [3.05, 3.63) is 249 Å². The zero-order valence-electron chi connectivity index (χ0n) is 71.5. The first kappa shape index (κ1) is 99.3. The minimum Gasteiger partial charge on any atom is -0.467 e. The van der Waals surface area contributed by atoms with Gasteiger partial charge in [0.05, 0.1) is 51.0 Å². The molecule has 8 amide bonds. The Balaban J connectivity index is 0.000000189. The van der Waals surface area contributed by atoms with Gasteiger partial charge in [-0.1, -0.05) is 179 Å². The van der Waals surface area contributed by atoms with Crippen molar-refractivity contribution in [2.45, 2.75) is 206 Å². The molecule has 4 fully saturated rings. The number of rotatable bonds is 28. The Labute approximate surface area is 738 Å². The molecule has 32 heteroatoms. The van der Waals surface area contributed by atoms with Crippen LogP contribution in [0.4, 0.5) is 85.8 Å². The number of sulfonamides is 1. The molecule has 5 heterocycles. The second kappa shape index (κ2) is 48.5. The molecule has 0 bridgehead atoms. The van der Waals surface area contributed by atoms with E-state index in [1.165, 1.54) is 78.9 Å². The lowest BCUT2D eigenvalue weighted by atomic mass is 10.00. The summed E-state index contributed by atoms with van der Waals surface area (Å²) in [6, 6.07) is 47.6. The number of urea groups is 4. The number of nitrogens with zero attached hydrogens (tertiary/aromatic N) is 8. The lowest BCUT2D eigenvalue weighted by molar-refractivity contribution is -0.138. The van der Waals surface area contributed by atoms with E-state index in [2.05, 4.69) is 63.7 Å². The van der Waals surface area contributed by atoms with Crippen molar-refractivity contribution in [2.24, 2.45) is 0 Å². The second-order valence-corrected chi connectivity index (χ2v) is 34.9. The average Bonchev–Trinajstić information content (AvgIpc) is 1.14. The molecule has 4 N–H and O–H groups in total. The van der Waals surface area contributed by atoms with E-state index in [4.69, 9.17) is 27.6 Å². The number of furan rings is 1. The monoisotopic (exact) mass is 1800 g/mol. The van der Waals surface area contributed by atoms with Crippen LogP contribution in [0.5, 0.6) is 0 Å². The predicted molar refractivity (Wildman–Crippen MR) is 473 cm³/mol. The Hall–Kier alpha value is -9.43. The fourth-order valence-corrected chi connectivity index (χ4v) is 17.8. The number of likely N-dealkylation sites (tertiary alicyclic amines) is 3. The van der Waals surface area contributed by atoms with Crippen LogP contribution in [-0.4, -0.2) is 173 Å². The third-order valence-electron chi connectivity index (χ3n) is 22.7. The maximum Gasteiger partial charge on any atom is 0.416 e. The van der Waals surface area contributed by atoms with Crippen molar-refractivity contribution in [2.75, 3.05) is 92.5 Å². The van der Waals surface area contributed by atoms with Gasteiger partial charge in [0, 0.05) is 119 Å². The summed E-state index contributed by atoms with van der Waals surface area (Å²) < 4.78 is 163. The summed E-state index contributed by atoms with van der Waals surface area (Å²) in [5.74, 6) is 0.118. The maximum absolute atomic E-state index is 14.4. The molecule has 1 aromatic heterocycles. The Morgan fingerprint density at radius 3 is 1.18 bits per heavy atom. The Morgan fingerprint density at radius 1 is 0.432 bits per heavy atom. The molecule has 7 aromatic carbocycles. The molecule has 0 spiro atoms. The molecule has 125 heavy (non-hydrogen) atoms. The molecule has 4 aliphatic rings. The van der Waals surface area contributed by atoms with Gasteiger partial charge in [-0.3, -0.25) is 0 Å². The van der Waals surface area contributed by atoms with Crippen molar-refractivity contribution >= 4 is 80.1 Å². The molecule has 0 radical (unpaired) electrons. The number of amides is 8. The van der Waals surface area contributed by atoms with Gasteiger partial charge in [-0.2, -0.15) is 39.5 Å². The molecular weight excluding hydrogens is 1690 g/mol. The van der Waals surface area contributed by atoms with E-state index in [1.54, 1.807) is 33.1 Å². The third kappa shape index (κ3) is 31.5. The summed E-state index contributed by atoms with van der Waals surface area (Å²) in [5, 5.41) is 10.9. The Morgan fingerprint density at radius 2 is 0.808 bits per heavy atom. The number of piperidine rings is 4. The van der Waals surface area contributed by atoms with Crippen LogP contribution in [0.25, 0.3) is 0 Å². The fourth-order valence-electron chi connectivity index (χ4n) is 16.0. The smallest absolute Gasteiger partial charge is 0.416 e. The van der Waals surface area contributed by atoms with Crippen LogP contribution in [0, 0.1) is 5.82 Å². The van der Waals surface area contributed by atoms with Crippen LogP contribution >= 0.6 is 23.2 Å². The first-order valence-corrected chi connectivity index (χ1v) is 45.4. The van der Waals surface area contributed by atoms with Gasteiger partial charge in [0.2, 0.25) is 10.0 Å². The molecule has 8 aromatic rings. The highest BCUT2D eigenvalue weighted by atomic mass is 35.5. The molecular formula is C93H116Cl2F10N12O7S. The van der Waals surface area contributed by atoms with Gasteiger partial charge in [-0.25, -0.2) is 36.3 Å². The summed E-state index contributed by atoms with van der Waals surface area (Å²) in [5.41, 5.74) is 0.860. The average molecular weight is 1810 g/mol. The maximum atomic E-state index is 14.4. The Kier molecular flexibility index (Phi) is 38.5. The number of alkyl halides is 9. The summed E-state index contributed by atoms with van der Waals surface area (Å²) in [4.78, 5) is 66.7. The number of carbonyl (C=O) groups is 4. The quantitative estimate of drug-likeness (QED) is 0.0209. The van der Waals surface area contributed by atoms with E-state index < -0.39 is 63.1 Å². The van der Waals surface area contributed by atoms with Crippen LogP contribution in [0.2, 0.25) is 10.0 Å². The number of halogens is 12. The zero-order chi connectivity index (χ0) is 90.3. The van der Waals surface area contributed by atoms with Crippen LogP contribution < -0.4 is 21.3 Å². The standard InChI is InChI=1S/C25H32F3N3O.C24H30Cl2FN3O.C23H28F3N3O3S.C21H26F3N3O2/c1-2-3-7-15-30-16-13-23(14-17-30)31(19-20-9-5-4-6-10-20)24(32)29-22-12-8-11-21(18-22)25(26,27)28;1-3-7-17(2)29-12-10-19(11-13-29)30(16-18-8-5-4-6-9-18)24(31)28-23-15-21(26)20(25)14-22(23)27;1-2-15-33(31,32)28-13-11-21(12-14-28)29(17-18-7-4-3-5-8-18)22(30)27-20-10-6-9-19(16-20)23(24,25)26;1-2-10-26-11-8-18(9-12-26)27(15-19-7-4-13-29-19)20(28)25-17-6-3-5-16(14-17)21(22,23)24/h4-6,8-12,18,23H,2-3,7,13-17,19H2,1H3,(H,29,32);4-6,8-9,14-15,17,19H,3,7,10-13,16H2,1-2H3,(H,28,31);3-10,16,21H,2,11-15,17H2,1H3,(H,27,30);3-7,13-14,18H,2,8-12,15H2,1H3,(H,25,28). The fraction of sp³-hybridized carbons (Fsp3) is 0.462. The van der Waals surface area contributed by atoms with Crippen molar-refractivity contribution in [1.29, 1.82) is 0 Å². The number of hydrogen-bond acceptors (Lipinski definition) is 10. The molecule has 4 saturated heterocycles. The number of benzene rings is 7. The first-order valence-electron chi connectivity index (χ1n) is 43.0. The van der Waals surface area contributed by atoms with Crippen molar-refractivity contribution in [3.8, 4) is 0 Å². The lowest BCUT2D eigenvalue weighted by Crippen LogP contribution is -2.50. The normalized spacial score (nSPS) is 15.9. The minimum absolute atomic E-state index is 0.000921. The second-order valence-electron chi connectivity index (χ2n) is 32.0. The Bertz CT molecular complexity index is 4730. The van der Waals surface area contributed by atoms with Gasteiger partial charge in [0.15, 0.2) is 0 Å². The first-order chi connectivity index (χ1) is 59.7. The number of hydrogen-bond donors (Lipinski definition) is 4. The van der Waals surface area contributed by atoms with Crippen molar-refractivity contribution in [3.63, 3.8) is 0 Å². The van der Waals surface area contributed by atoms with Gasteiger partial charge >= 0.3 is 42.7 Å². The molecule has 4 aliphatic heterocycles. The van der Waals surface area contributed by atoms with E-state index in [1.807, 2.05) is 103 Å². The number of unbranched alkanes of at least 4 members (excludes halogenated alkanes) is 2. The lowest BCUT2D eigenvalue weighted by Gasteiger charge is -2.40.